The number of carbonyl (C=O) groups is 1. The van der Waals surface area contributed by atoms with Gasteiger partial charge in [0.15, 0.2) is 0 Å². The third-order valence-corrected chi connectivity index (χ3v) is 1.84. The molecule has 78 valence electrons. The first kappa shape index (κ1) is 12.7. The van der Waals surface area contributed by atoms with Crippen molar-refractivity contribution in [1.82, 2.24) is 0 Å². The van der Waals surface area contributed by atoms with Crippen LogP contribution in [0.15, 0.2) is 11.6 Å². The maximum atomic E-state index is 10.7. The number of carbonyl (C=O) groups excluding carboxylic acids is 1. The monoisotopic (exact) mass is 195 g/mol. The molecule has 3 heteroatoms. The van der Waals surface area contributed by atoms with Crippen molar-refractivity contribution < 1.29 is 9.53 Å². The van der Waals surface area contributed by atoms with E-state index in [9.17, 15) is 4.79 Å². The van der Waals surface area contributed by atoms with Crippen LogP contribution in [0.1, 0.15) is 40.0 Å². The molecular formula is C11H17NO2. The minimum Gasteiger partial charge on any atom is -0.442 e. The van der Waals surface area contributed by atoms with Gasteiger partial charge >= 0.3 is 5.97 Å². The predicted octanol–water partition coefficient (Wildman–Crippen LogP) is 2.58. The largest absolute Gasteiger partial charge is 0.442 e. The molecule has 0 bridgehead atoms. The lowest BCUT2D eigenvalue weighted by molar-refractivity contribution is -0.142. The molecule has 0 aromatic heterocycles. The Hall–Kier alpha value is -1.30. The van der Waals surface area contributed by atoms with E-state index in [0.29, 0.717) is 0 Å². The number of nitrogens with zero attached hydrogens (tertiary/aromatic N) is 1. The molecule has 0 aromatic carbocycles. The Bertz CT molecular complexity index is 251. The topological polar surface area (TPSA) is 50.1 Å². The van der Waals surface area contributed by atoms with Gasteiger partial charge in [0.25, 0.3) is 0 Å². The maximum Gasteiger partial charge on any atom is 0.304 e. The van der Waals surface area contributed by atoms with E-state index in [0.717, 1.165) is 24.8 Å². The van der Waals surface area contributed by atoms with Crippen LogP contribution < -0.4 is 0 Å². The van der Waals surface area contributed by atoms with Gasteiger partial charge in [-0.05, 0) is 18.4 Å². The van der Waals surface area contributed by atoms with Crippen LogP contribution in [-0.4, -0.2) is 12.1 Å². The summed E-state index contributed by atoms with van der Waals surface area (Å²) in [6.45, 7) is 5.34. The van der Waals surface area contributed by atoms with Crippen molar-refractivity contribution in [1.29, 1.82) is 5.26 Å². The van der Waals surface area contributed by atoms with Crippen molar-refractivity contribution in [3.8, 4) is 6.07 Å². The molecule has 0 N–H and O–H groups in total. The summed E-state index contributed by atoms with van der Waals surface area (Å²) in [5.74, 6) is -0.410. The van der Waals surface area contributed by atoms with Crippen LogP contribution in [0.3, 0.4) is 0 Å². The number of rotatable bonds is 5. The Labute approximate surface area is 85.4 Å². The number of hydrogen-bond donors (Lipinski definition) is 0. The minimum absolute atomic E-state index is 0.410. The second-order valence-corrected chi connectivity index (χ2v) is 3.04. The third kappa shape index (κ3) is 4.66. The molecule has 0 heterocycles. The molecule has 1 unspecified atom stereocenters. The van der Waals surface area contributed by atoms with Gasteiger partial charge in [-0.25, -0.2) is 0 Å². The molecule has 0 aliphatic rings. The van der Waals surface area contributed by atoms with Crippen molar-refractivity contribution in [3.63, 3.8) is 0 Å². The molecule has 0 aliphatic carbocycles. The van der Waals surface area contributed by atoms with Crippen LogP contribution in [-0.2, 0) is 9.53 Å². The van der Waals surface area contributed by atoms with Gasteiger partial charge in [0.2, 0.25) is 6.10 Å². The number of esters is 1. The van der Waals surface area contributed by atoms with E-state index < -0.39 is 12.1 Å². The highest BCUT2D eigenvalue weighted by Gasteiger charge is 2.14. The second kappa shape index (κ2) is 7.14. The molecule has 0 saturated carbocycles. The highest BCUT2D eigenvalue weighted by atomic mass is 16.5. The Morgan fingerprint density at radius 2 is 2.21 bits per heavy atom. The van der Waals surface area contributed by atoms with Crippen LogP contribution in [0.2, 0.25) is 0 Å². The molecule has 0 spiro atoms. The van der Waals surface area contributed by atoms with Crippen molar-refractivity contribution in [2.24, 2.45) is 0 Å². The van der Waals surface area contributed by atoms with Crippen LogP contribution in [0.25, 0.3) is 0 Å². The zero-order valence-corrected chi connectivity index (χ0v) is 9.04. The highest BCUT2D eigenvalue weighted by Crippen LogP contribution is 2.12. The first-order chi connectivity index (χ1) is 6.65. The quantitative estimate of drug-likeness (QED) is 0.500. The zero-order valence-electron chi connectivity index (χ0n) is 9.04. The SMILES string of the molecule is CCC/C=C(\CC)C(C#N)OC(C)=O. The van der Waals surface area contributed by atoms with Gasteiger partial charge in [0.05, 0.1) is 0 Å². The summed E-state index contributed by atoms with van der Waals surface area (Å²) < 4.78 is 4.88. The lowest BCUT2D eigenvalue weighted by Crippen LogP contribution is -2.16. The molecule has 14 heavy (non-hydrogen) atoms. The van der Waals surface area contributed by atoms with E-state index in [2.05, 4.69) is 6.92 Å². The van der Waals surface area contributed by atoms with Crippen molar-refractivity contribution in [3.05, 3.63) is 11.6 Å². The number of nitriles is 1. The lowest BCUT2D eigenvalue weighted by atomic mass is 10.1. The van der Waals surface area contributed by atoms with Crippen LogP contribution in [0.5, 0.6) is 0 Å². The smallest absolute Gasteiger partial charge is 0.304 e. The fourth-order valence-corrected chi connectivity index (χ4v) is 1.12. The first-order valence-corrected chi connectivity index (χ1v) is 4.91. The Kier molecular flexibility index (Phi) is 6.47. The summed E-state index contributed by atoms with van der Waals surface area (Å²) in [5.41, 5.74) is 0.893. The molecule has 0 rings (SSSR count). The fourth-order valence-electron chi connectivity index (χ4n) is 1.12. The molecule has 0 saturated heterocycles. The van der Waals surface area contributed by atoms with Gasteiger partial charge < -0.3 is 4.74 Å². The molecule has 1 atom stereocenters. The molecule has 0 fully saturated rings. The average Bonchev–Trinajstić information content (AvgIpc) is 2.16. The number of ether oxygens (including phenoxy) is 1. The van der Waals surface area contributed by atoms with E-state index in [-0.39, 0.29) is 0 Å². The molecule has 3 nitrogen and oxygen atoms in total. The van der Waals surface area contributed by atoms with E-state index in [1.165, 1.54) is 6.92 Å². The van der Waals surface area contributed by atoms with E-state index in [1.807, 2.05) is 19.1 Å². The van der Waals surface area contributed by atoms with Crippen LogP contribution in [0, 0.1) is 11.3 Å². The van der Waals surface area contributed by atoms with Gasteiger partial charge in [-0.15, -0.1) is 0 Å². The lowest BCUT2D eigenvalue weighted by Gasteiger charge is -2.11. The zero-order chi connectivity index (χ0) is 11.0. The predicted molar refractivity (Wildman–Crippen MR) is 54.4 cm³/mol. The van der Waals surface area contributed by atoms with Gasteiger partial charge in [0.1, 0.15) is 6.07 Å². The molecule has 0 amide bonds. The van der Waals surface area contributed by atoms with Gasteiger partial charge in [-0.1, -0.05) is 26.3 Å². The Morgan fingerprint density at radius 3 is 2.57 bits per heavy atom. The van der Waals surface area contributed by atoms with Crippen molar-refractivity contribution in [2.45, 2.75) is 46.1 Å². The molecule has 0 radical (unpaired) electrons. The number of allylic oxidation sites excluding steroid dienone is 1. The summed E-state index contributed by atoms with van der Waals surface area (Å²) >= 11 is 0. The molecular weight excluding hydrogens is 178 g/mol. The number of hydrogen-bond acceptors (Lipinski definition) is 3. The first-order valence-electron chi connectivity index (χ1n) is 4.91. The summed E-state index contributed by atoms with van der Waals surface area (Å²) in [6, 6.07) is 1.98. The second-order valence-electron chi connectivity index (χ2n) is 3.04. The Balaban J connectivity index is 4.46. The summed E-state index contributed by atoms with van der Waals surface area (Å²) in [5, 5.41) is 8.81. The van der Waals surface area contributed by atoms with Gasteiger partial charge in [-0.3, -0.25) is 4.79 Å². The third-order valence-electron chi connectivity index (χ3n) is 1.84. The standard InChI is InChI=1S/C11H17NO2/c1-4-6-7-10(5-2)11(8-12)14-9(3)13/h7,11H,4-6H2,1-3H3/b10-7+. The maximum absolute atomic E-state index is 10.7. The fraction of sp³-hybridized carbons (Fsp3) is 0.636. The minimum atomic E-state index is -0.705. The van der Waals surface area contributed by atoms with Crippen molar-refractivity contribution >= 4 is 5.97 Å². The van der Waals surface area contributed by atoms with Gasteiger partial charge in [-0.2, -0.15) is 5.26 Å². The Morgan fingerprint density at radius 1 is 1.57 bits per heavy atom. The molecule has 0 aromatic rings. The molecule has 0 aliphatic heterocycles. The van der Waals surface area contributed by atoms with E-state index >= 15 is 0 Å². The van der Waals surface area contributed by atoms with Crippen molar-refractivity contribution in [2.75, 3.05) is 0 Å². The average molecular weight is 195 g/mol. The summed E-state index contributed by atoms with van der Waals surface area (Å²) in [6.07, 6.45) is 3.97. The summed E-state index contributed by atoms with van der Waals surface area (Å²) in [4.78, 5) is 10.7. The number of unbranched alkanes of at least 4 members (excludes halogenated alkanes) is 1. The van der Waals surface area contributed by atoms with Crippen LogP contribution in [0.4, 0.5) is 0 Å². The summed E-state index contributed by atoms with van der Waals surface area (Å²) in [7, 11) is 0. The van der Waals surface area contributed by atoms with E-state index in [4.69, 9.17) is 10.00 Å². The highest BCUT2D eigenvalue weighted by molar-refractivity contribution is 5.66. The van der Waals surface area contributed by atoms with Crippen LogP contribution >= 0.6 is 0 Å². The van der Waals surface area contributed by atoms with E-state index in [1.54, 1.807) is 0 Å². The van der Waals surface area contributed by atoms with Gasteiger partial charge in [0, 0.05) is 6.92 Å². The normalized spacial score (nSPS) is 13.1.